The van der Waals surface area contributed by atoms with E-state index in [2.05, 4.69) is 23.5 Å². The molecule has 2 nitrogen and oxygen atoms in total. The summed E-state index contributed by atoms with van der Waals surface area (Å²) in [5, 5.41) is 10.4. The molecule has 0 atom stereocenters. The highest BCUT2D eigenvalue weighted by atomic mass is 14.9. The Hall–Kier alpha value is -2.09. The largest absolute Gasteiger partial charge is 0.344 e. The van der Waals surface area contributed by atoms with Crippen LogP contribution in [0, 0.1) is 5.41 Å². The van der Waals surface area contributed by atoms with Gasteiger partial charge in [0.15, 0.2) is 0 Å². The van der Waals surface area contributed by atoms with E-state index < -0.39 is 0 Å². The van der Waals surface area contributed by atoms with Gasteiger partial charge in [0.05, 0.1) is 5.84 Å². The normalized spacial score (nSPS) is 9.81. The Labute approximate surface area is 95.5 Å². The van der Waals surface area contributed by atoms with Crippen molar-refractivity contribution in [2.24, 2.45) is 0 Å². The minimum Gasteiger partial charge on any atom is -0.344 e. The minimum atomic E-state index is 0.449. The van der Waals surface area contributed by atoms with E-state index in [1.807, 2.05) is 36.4 Å². The lowest BCUT2D eigenvalue weighted by molar-refractivity contribution is 1.44. The van der Waals surface area contributed by atoms with Crippen molar-refractivity contribution in [3.63, 3.8) is 0 Å². The van der Waals surface area contributed by atoms with Gasteiger partial charge in [-0.05, 0) is 30.2 Å². The Bertz CT molecular complexity index is 489. The molecule has 0 bridgehead atoms. The first-order chi connectivity index (χ1) is 7.75. The Balaban J connectivity index is 2.33. The zero-order valence-corrected chi connectivity index (χ0v) is 9.20. The van der Waals surface area contributed by atoms with Crippen LogP contribution in [0.3, 0.4) is 0 Å². The van der Waals surface area contributed by atoms with Gasteiger partial charge in [-0.3, -0.25) is 5.41 Å². The Morgan fingerprint density at radius 1 is 0.938 bits per heavy atom. The Kier molecular flexibility index (Phi) is 3.01. The monoisotopic (exact) mass is 210 g/mol. The molecule has 0 aliphatic carbocycles. The molecule has 2 N–H and O–H groups in total. The fourth-order valence-corrected chi connectivity index (χ4v) is 1.62. The van der Waals surface area contributed by atoms with Gasteiger partial charge >= 0.3 is 0 Å². The highest BCUT2D eigenvalue weighted by Gasteiger charge is 1.98. The number of amidine groups is 1. The predicted octanol–water partition coefficient (Wildman–Crippen LogP) is 3.76. The van der Waals surface area contributed by atoms with E-state index in [1.54, 1.807) is 6.92 Å². The van der Waals surface area contributed by atoms with E-state index >= 15 is 0 Å². The van der Waals surface area contributed by atoms with Crippen LogP contribution in [0.15, 0.2) is 54.6 Å². The lowest BCUT2D eigenvalue weighted by atomic mass is 10.1. The predicted molar refractivity (Wildman–Crippen MR) is 68.9 cm³/mol. The maximum Gasteiger partial charge on any atom is 0.0944 e. The molecule has 0 saturated heterocycles. The van der Waals surface area contributed by atoms with Gasteiger partial charge in [0.25, 0.3) is 0 Å². The quantitative estimate of drug-likeness (QED) is 0.574. The number of rotatable bonds is 2. The van der Waals surface area contributed by atoms with Gasteiger partial charge in [0, 0.05) is 5.69 Å². The van der Waals surface area contributed by atoms with Crippen LogP contribution in [0.4, 0.5) is 5.69 Å². The topological polar surface area (TPSA) is 35.9 Å². The van der Waals surface area contributed by atoms with Gasteiger partial charge in [0.2, 0.25) is 0 Å². The molecule has 80 valence electrons. The van der Waals surface area contributed by atoms with Crippen LogP contribution >= 0.6 is 0 Å². The molecule has 2 rings (SSSR count). The highest BCUT2D eigenvalue weighted by molar-refractivity contribution is 5.91. The van der Waals surface area contributed by atoms with Crippen molar-refractivity contribution in [1.29, 1.82) is 5.41 Å². The first kappa shape index (κ1) is 10.4. The van der Waals surface area contributed by atoms with E-state index in [-0.39, 0.29) is 0 Å². The second-order valence-electron chi connectivity index (χ2n) is 3.70. The summed E-state index contributed by atoms with van der Waals surface area (Å²) in [5.41, 5.74) is 3.30. The fraction of sp³-hybridized carbons (Fsp3) is 0.0714. The molecule has 2 aromatic rings. The van der Waals surface area contributed by atoms with Crippen LogP contribution in [0.5, 0.6) is 0 Å². The van der Waals surface area contributed by atoms with E-state index in [0.717, 1.165) is 11.3 Å². The van der Waals surface area contributed by atoms with Gasteiger partial charge < -0.3 is 5.32 Å². The van der Waals surface area contributed by atoms with Crippen LogP contribution in [-0.2, 0) is 0 Å². The molecule has 0 radical (unpaired) electrons. The molecule has 2 heteroatoms. The van der Waals surface area contributed by atoms with Crippen molar-refractivity contribution in [2.45, 2.75) is 6.92 Å². The average Bonchev–Trinajstić information content (AvgIpc) is 2.30. The zero-order chi connectivity index (χ0) is 11.4. The van der Waals surface area contributed by atoms with E-state index in [1.165, 1.54) is 5.56 Å². The summed E-state index contributed by atoms with van der Waals surface area (Å²) >= 11 is 0. The fourth-order valence-electron chi connectivity index (χ4n) is 1.62. The van der Waals surface area contributed by atoms with Crippen molar-refractivity contribution in [2.75, 3.05) is 5.32 Å². The molecule has 0 saturated carbocycles. The number of hydrogen-bond acceptors (Lipinski definition) is 1. The maximum absolute atomic E-state index is 7.40. The molecule has 0 amide bonds. The van der Waals surface area contributed by atoms with E-state index in [4.69, 9.17) is 5.41 Å². The van der Waals surface area contributed by atoms with Crippen molar-refractivity contribution in [1.82, 2.24) is 0 Å². The molecule has 0 heterocycles. The van der Waals surface area contributed by atoms with Crippen molar-refractivity contribution in [3.05, 3.63) is 54.6 Å². The molecule has 0 fully saturated rings. The lowest BCUT2D eigenvalue weighted by Crippen LogP contribution is -2.04. The highest BCUT2D eigenvalue weighted by Crippen LogP contribution is 2.22. The Morgan fingerprint density at radius 2 is 1.62 bits per heavy atom. The first-order valence-corrected chi connectivity index (χ1v) is 5.23. The van der Waals surface area contributed by atoms with Gasteiger partial charge in [-0.2, -0.15) is 0 Å². The van der Waals surface area contributed by atoms with Crippen LogP contribution in [0.1, 0.15) is 6.92 Å². The molecule has 0 spiro atoms. The summed E-state index contributed by atoms with van der Waals surface area (Å²) in [6, 6.07) is 18.3. The third-order valence-corrected chi connectivity index (χ3v) is 2.30. The lowest BCUT2D eigenvalue weighted by Gasteiger charge is -2.06. The first-order valence-electron chi connectivity index (χ1n) is 5.23. The molecule has 0 aliphatic rings. The third-order valence-electron chi connectivity index (χ3n) is 2.30. The summed E-state index contributed by atoms with van der Waals surface area (Å²) in [7, 11) is 0. The van der Waals surface area contributed by atoms with Gasteiger partial charge in [-0.1, -0.05) is 42.5 Å². The SMILES string of the molecule is CC(=N)Nc1cccc(-c2ccccc2)c1. The standard InChI is InChI=1S/C14H14N2/c1-11(15)16-14-9-5-8-13(10-14)12-6-3-2-4-7-12/h2-10H,1H3,(H2,15,16). The van der Waals surface area contributed by atoms with Crippen LogP contribution < -0.4 is 5.32 Å². The average molecular weight is 210 g/mol. The van der Waals surface area contributed by atoms with E-state index in [9.17, 15) is 0 Å². The number of benzene rings is 2. The van der Waals surface area contributed by atoms with Gasteiger partial charge in [-0.25, -0.2) is 0 Å². The van der Waals surface area contributed by atoms with Crippen molar-refractivity contribution >= 4 is 11.5 Å². The minimum absolute atomic E-state index is 0.449. The van der Waals surface area contributed by atoms with Crippen LogP contribution in [0.25, 0.3) is 11.1 Å². The number of hydrogen-bond donors (Lipinski definition) is 2. The van der Waals surface area contributed by atoms with Gasteiger partial charge in [0.1, 0.15) is 0 Å². The number of anilines is 1. The molecule has 0 unspecified atom stereocenters. The van der Waals surface area contributed by atoms with Crippen LogP contribution in [-0.4, -0.2) is 5.84 Å². The second kappa shape index (κ2) is 4.62. The van der Waals surface area contributed by atoms with Crippen molar-refractivity contribution < 1.29 is 0 Å². The molecule has 2 aromatic carbocycles. The molecular formula is C14H14N2. The zero-order valence-electron chi connectivity index (χ0n) is 9.20. The third kappa shape index (κ3) is 2.48. The molecule has 16 heavy (non-hydrogen) atoms. The number of nitrogens with one attached hydrogen (secondary N) is 2. The molecule has 0 aliphatic heterocycles. The molecular weight excluding hydrogens is 196 g/mol. The smallest absolute Gasteiger partial charge is 0.0944 e. The Morgan fingerprint density at radius 3 is 2.31 bits per heavy atom. The summed E-state index contributed by atoms with van der Waals surface area (Å²) in [6.07, 6.45) is 0. The summed E-state index contributed by atoms with van der Waals surface area (Å²) in [4.78, 5) is 0. The maximum atomic E-state index is 7.40. The summed E-state index contributed by atoms with van der Waals surface area (Å²) in [5.74, 6) is 0.449. The molecule has 0 aromatic heterocycles. The van der Waals surface area contributed by atoms with E-state index in [0.29, 0.717) is 5.84 Å². The van der Waals surface area contributed by atoms with Crippen LogP contribution in [0.2, 0.25) is 0 Å². The van der Waals surface area contributed by atoms with Crippen molar-refractivity contribution in [3.8, 4) is 11.1 Å². The second-order valence-corrected chi connectivity index (χ2v) is 3.70. The van der Waals surface area contributed by atoms with Gasteiger partial charge in [-0.15, -0.1) is 0 Å². The summed E-state index contributed by atoms with van der Waals surface area (Å²) < 4.78 is 0. The summed E-state index contributed by atoms with van der Waals surface area (Å²) in [6.45, 7) is 1.73.